The van der Waals surface area contributed by atoms with Crippen LogP contribution < -0.4 is 5.32 Å². The standard InChI is InChI=1S/C15H18N2OS/c1-10-5-8-13(19-10)12-7-6-11(9-16-12)17-14(18)15(2,3)4/h5-9H,1-4H3,(H,17,18). The van der Waals surface area contributed by atoms with E-state index in [1.807, 2.05) is 32.9 Å². The van der Waals surface area contributed by atoms with Crippen LogP contribution in [0, 0.1) is 12.3 Å². The van der Waals surface area contributed by atoms with E-state index in [1.165, 1.54) is 4.88 Å². The van der Waals surface area contributed by atoms with Crippen molar-refractivity contribution in [2.75, 3.05) is 5.32 Å². The fraction of sp³-hybridized carbons (Fsp3) is 0.333. The van der Waals surface area contributed by atoms with E-state index in [1.54, 1.807) is 17.5 Å². The first kappa shape index (κ1) is 13.7. The molecule has 0 aliphatic rings. The van der Waals surface area contributed by atoms with Crippen molar-refractivity contribution < 1.29 is 4.79 Å². The highest BCUT2D eigenvalue weighted by Gasteiger charge is 2.21. The van der Waals surface area contributed by atoms with E-state index in [0.717, 1.165) is 16.3 Å². The van der Waals surface area contributed by atoms with E-state index in [4.69, 9.17) is 0 Å². The predicted molar refractivity (Wildman–Crippen MR) is 80.4 cm³/mol. The minimum Gasteiger partial charge on any atom is -0.324 e. The molecule has 0 spiro atoms. The van der Waals surface area contributed by atoms with Crippen LogP contribution in [0.3, 0.4) is 0 Å². The van der Waals surface area contributed by atoms with E-state index < -0.39 is 5.41 Å². The minimum absolute atomic E-state index is 0.00554. The van der Waals surface area contributed by atoms with E-state index >= 15 is 0 Å². The van der Waals surface area contributed by atoms with Gasteiger partial charge in [-0.15, -0.1) is 11.3 Å². The summed E-state index contributed by atoms with van der Waals surface area (Å²) >= 11 is 1.72. The number of nitrogens with zero attached hydrogens (tertiary/aromatic N) is 1. The Kier molecular flexibility index (Phi) is 3.71. The van der Waals surface area contributed by atoms with Crippen LogP contribution in [0.4, 0.5) is 5.69 Å². The zero-order valence-corrected chi connectivity index (χ0v) is 12.5. The Balaban J connectivity index is 2.13. The van der Waals surface area contributed by atoms with E-state index in [0.29, 0.717) is 0 Å². The Morgan fingerprint density at radius 2 is 1.95 bits per heavy atom. The molecule has 0 aliphatic carbocycles. The predicted octanol–water partition coefficient (Wildman–Crippen LogP) is 4.10. The third-order valence-corrected chi connectivity index (χ3v) is 3.72. The van der Waals surface area contributed by atoms with Crippen molar-refractivity contribution in [1.29, 1.82) is 0 Å². The SMILES string of the molecule is Cc1ccc(-c2ccc(NC(=O)C(C)(C)C)cn2)s1. The summed E-state index contributed by atoms with van der Waals surface area (Å²) in [5, 5.41) is 2.87. The lowest BCUT2D eigenvalue weighted by molar-refractivity contribution is -0.123. The molecular formula is C15H18N2OS. The van der Waals surface area contributed by atoms with Gasteiger partial charge in [0.15, 0.2) is 0 Å². The summed E-state index contributed by atoms with van der Waals surface area (Å²) in [7, 11) is 0. The number of aromatic nitrogens is 1. The molecule has 0 saturated heterocycles. The largest absolute Gasteiger partial charge is 0.324 e. The van der Waals surface area contributed by atoms with Crippen LogP contribution in [0.25, 0.3) is 10.6 Å². The monoisotopic (exact) mass is 274 g/mol. The van der Waals surface area contributed by atoms with Crippen LogP contribution in [0.2, 0.25) is 0 Å². The molecule has 0 atom stereocenters. The highest BCUT2D eigenvalue weighted by atomic mass is 32.1. The quantitative estimate of drug-likeness (QED) is 0.895. The van der Waals surface area contributed by atoms with Gasteiger partial charge < -0.3 is 5.32 Å². The molecule has 3 nitrogen and oxygen atoms in total. The molecule has 2 aromatic rings. The second-order valence-corrected chi connectivity index (χ2v) is 6.83. The molecule has 0 aromatic carbocycles. The number of nitrogens with one attached hydrogen (secondary N) is 1. The summed E-state index contributed by atoms with van der Waals surface area (Å²) in [6, 6.07) is 7.97. The van der Waals surface area contributed by atoms with Gasteiger partial charge in [-0.25, -0.2) is 0 Å². The number of hydrogen-bond acceptors (Lipinski definition) is 3. The highest BCUT2D eigenvalue weighted by Crippen LogP contribution is 2.26. The molecule has 0 fully saturated rings. The van der Waals surface area contributed by atoms with Gasteiger partial charge in [-0.2, -0.15) is 0 Å². The number of pyridine rings is 1. The second-order valence-electron chi connectivity index (χ2n) is 5.55. The molecule has 2 aromatic heterocycles. The molecule has 0 bridgehead atoms. The van der Waals surface area contributed by atoms with Gasteiger partial charge in [0.1, 0.15) is 0 Å². The lowest BCUT2D eigenvalue weighted by Gasteiger charge is -2.17. The number of anilines is 1. The molecule has 2 heterocycles. The molecule has 100 valence electrons. The Morgan fingerprint density at radius 3 is 2.42 bits per heavy atom. The van der Waals surface area contributed by atoms with Gasteiger partial charge in [0, 0.05) is 10.3 Å². The maximum Gasteiger partial charge on any atom is 0.229 e. The number of amides is 1. The van der Waals surface area contributed by atoms with Crippen molar-refractivity contribution in [2.24, 2.45) is 5.41 Å². The van der Waals surface area contributed by atoms with Crippen LogP contribution in [0.1, 0.15) is 25.6 Å². The summed E-state index contributed by atoms with van der Waals surface area (Å²) in [4.78, 5) is 18.7. The van der Waals surface area contributed by atoms with Crippen LogP contribution in [0.15, 0.2) is 30.5 Å². The topological polar surface area (TPSA) is 42.0 Å². The van der Waals surface area contributed by atoms with Crippen LogP contribution >= 0.6 is 11.3 Å². The smallest absolute Gasteiger partial charge is 0.229 e. The molecule has 1 amide bonds. The number of aryl methyl sites for hydroxylation is 1. The maximum absolute atomic E-state index is 11.9. The molecule has 2 rings (SSSR count). The first-order valence-corrected chi connectivity index (χ1v) is 7.02. The lowest BCUT2D eigenvalue weighted by Crippen LogP contribution is -2.27. The van der Waals surface area contributed by atoms with Gasteiger partial charge in [0.25, 0.3) is 0 Å². The summed E-state index contributed by atoms with van der Waals surface area (Å²) in [5.74, 6) is -0.00554. The molecule has 0 saturated carbocycles. The molecule has 4 heteroatoms. The number of carbonyl (C=O) groups is 1. The molecule has 19 heavy (non-hydrogen) atoms. The zero-order chi connectivity index (χ0) is 14.0. The van der Waals surface area contributed by atoms with Gasteiger partial charge in [-0.3, -0.25) is 9.78 Å². The van der Waals surface area contributed by atoms with E-state index in [9.17, 15) is 4.79 Å². The summed E-state index contributed by atoms with van der Waals surface area (Å²) in [6.45, 7) is 7.74. The van der Waals surface area contributed by atoms with Crippen molar-refractivity contribution >= 4 is 22.9 Å². The highest BCUT2D eigenvalue weighted by molar-refractivity contribution is 7.15. The van der Waals surface area contributed by atoms with Gasteiger partial charge in [-0.05, 0) is 31.2 Å². The van der Waals surface area contributed by atoms with Crippen molar-refractivity contribution in [3.8, 4) is 10.6 Å². The third kappa shape index (κ3) is 3.41. The fourth-order valence-electron chi connectivity index (χ4n) is 1.50. The van der Waals surface area contributed by atoms with Crippen LogP contribution in [-0.4, -0.2) is 10.9 Å². The second kappa shape index (κ2) is 5.13. The fourth-order valence-corrected chi connectivity index (χ4v) is 2.35. The van der Waals surface area contributed by atoms with Crippen molar-refractivity contribution in [3.63, 3.8) is 0 Å². The summed E-state index contributed by atoms with van der Waals surface area (Å²) < 4.78 is 0. The average molecular weight is 274 g/mol. The molecule has 0 radical (unpaired) electrons. The molecule has 0 unspecified atom stereocenters. The third-order valence-electron chi connectivity index (χ3n) is 2.70. The Labute approximate surface area is 117 Å². The molecule has 1 N–H and O–H groups in total. The summed E-state index contributed by atoms with van der Waals surface area (Å²) in [6.07, 6.45) is 1.70. The van der Waals surface area contributed by atoms with Crippen molar-refractivity contribution in [3.05, 3.63) is 35.3 Å². The van der Waals surface area contributed by atoms with Crippen LogP contribution in [0.5, 0.6) is 0 Å². The minimum atomic E-state index is -0.399. The van der Waals surface area contributed by atoms with Gasteiger partial charge in [0.2, 0.25) is 5.91 Å². The molecular weight excluding hydrogens is 256 g/mol. The Hall–Kier alpha value is -1.68. The number of thiophene rings is 1. The first-order chi connectivity index (χ1) is 8.86. The van der Waals surface area contributed by atoms with Crippen molar-refractivity contribution in [1.82, 2.24) is 4.98 Å². The van der Waals surface area contributed by atoms with E-state index in [2.05, 4.69) is 29.4 Å². The first-order valence-electron chi connectivity index (χ1n) is 6.20. The Bertz CT molecular complexity index is 579. The van der Waals surface area contributed by atoms with Gasteiger partial charge >= 0.3 is 0 Å². The van der Waals surface area contributed by atoms with E-state index in [-0.39, 0.29) is 5.91 Å². The molecule has 0 aliphatic heterocycles. The normalized spacial score (nSPS) is 11.4. The Morgan fingerprint density at radius 1 is 1.21 bits per heavy atom. The number of rotatable bonds is 2. The number of carbonyl (C=O) groups excluding carboxylic acids is 1. The summed E-state index contributed by atoms with van der Waals surface area (Å²) in [5.41, 5.74) is 1.27. The lowest BCUT2D eigenvalue weighted by atomic mass is 9.95. The van der Waals surface area contributed by atoms with Gasteiger partial charge in [0.05, 0.1) is 22.5 Å². The average Bonchev–Trinajstić information content (AvgIpc) is 2.75. The van der Waals surface area contributed by atoms with Crippen molar-refractivity contribution in [2.45, 2.75) is 27.7 Å². The van der Waals surface area contributed by atoms with Gasteiger partial charge in [-0.1, -0.05) is 20.8 Å². The van der Waals surface area contributed by atoms with Crippen LogP contribution in [-0.2, 0) is 4.79 Å². The number of hydrogen-bond donors (Lipinski definition) is 1. The zero-order valence-electron chi connectivity index (χ0n) is 11.7. The maximum atomic E-state index is 11.9.